The van der Waals surface area contributed by atoms with Gasteiger partial charge in [0.15, 0.2) is 0 Å². The third-order valence-corrected chi connectivity index (χ3v) is 2.82. The molecule has 7 heteroatoms. The van der Waals surface area contributed by atoms with Crippen molar-refractivity contribution in [2.75, 3.05) is 25.0 Å². The third-order valence-electron chi connectivity index (χ3n) is 2.53. The average Bonchev–Trinajstić information content (AvgIpc) is 2.43. The van der Waals surface area contributed by atoms with E-state index >= 15 is 0 Å². The van der Waals surface area contributed by atoms with Crippen LogP contribution in [0.15, 0.2) is 18.2 Å². The highest BCUT2D eigenvalue weighted by Crippen LogP contribution is 2.19. The Balaban J connectivity index is 2.19. The number of ether oxygens (including phenoxy) is 1. The largest absolute Gasteiger partial charge is 0.466 e. The molecule has 21 heavy (non-hydrogen) atoms. The van der Waals surface area contributed by atoms with E-state index in [4.69, 9.17) is 16.3 Å². The van der Waals surface area contributed by atoms with Gasteiger partial charge in [-0.3, -0.25) is 9.59 Å². The molecule has 0 heterocycles. The summed E-state index contributed by atoms with van der Waals surface area (Å²) in [5.74, 6) is -1.05. The summed E-state index contributed by atoms with van der Waals surface area (Å²) in [6, 6.07) is 3.96. The molecular weight excluding hydrogens is 299 g/mol. The standard InChI is InChI=1S/C14H18ClFN2O3/c1-2-21-14(20)4-3-7-17-9-13(19)18-10-5-6-12(16)11(15)8-10/h5-6,8,17H,2-4,7,9H2,1H3,(H,18,19). The van der Waals surface area contributed by atoms with Crippen molar-refractivity contribution in [2.45, 2.75) is 19.8 Å². The Morgan fingerprint density at radius 3 is 2.81 bits per heavy atom. The fourth-order valence-electron chi connectivity index (χ4n) is 1.57. The Morgan fingerprint density at radius 2 is 2.14 bits per heavy atom. The number of hydrogen-bond donors (Lipinski definition) is 2. The maximum Gasteiger partial charge on any atom is 0.305 e. The Hall–Kier alpha value is -1.66. The summed E-state index contributed by atoms with van der Waals surface area (Å²) in [5.41, 5.74) is 0.430. The SMILES string of the molecule is CCOC(=O)CCCNCC(=O)Nc1ccc(F)c(Cl)c1. The molecule has 0 atom stereocenters. The second kappa shape index (κ2) is 9.31. The topological polar surface area (TPSA) is 67.4 Å². The third kappa shape index (κ3) is 7.06. The van der Waals surface area contributed by atoms with Gasteiger partial charge in [-0.25, -0.2) is 4.39 Å². The van der Waals surface area contributed by atoms with E-state index in [-0.39, 0.29) is 23.4 Å². The molecule has 0 saturated heterocycles. The van der Waals surface area contributed by atoms with E-state index in [1.807, 2.05) is 0 Å². The van der Waals surface area contributed by atoms with Crippen LogP contribution in [0.2, 0.25) is 5.02 Å². The Bertz CT molecular complexity index is 497. The van der Waals surface area contributed by atoms with Crippen molar-refractivity contribution < 1.29 is 18.7 Å². The van der Waals surface area contributed by atoms with Gasteiger partial charge in [0, 0.05) is 12.1 Å². The molecule has 0 aliphatic carbocycles. The Kier molecular flexibility index (Phi) is 7.71. The summed E-state index contributed by atoms with van der Waals surface area (Å²) < 4.78 is 17.7. The van der Waals surface area contributed by atoms with Crippen LogP contribution in [0.3, 0.4) is 0 Å². The number of carbonyl (C=O) groups is 2. The molecule has 1 aromatic rings. The summed E-state index contributed by atoms with van der Waals surface area (Å²) in [6.07, 6.45) is 0.907. The van der Waals surface area contributed by atoms with E-state index in [2.05, 4.69) is 10.6 Å². The van der Waals surface area contributed by atoms with Crippen LogP contribution < -0.4 is 10.6 Å². The van der Waals surface area contributed by atoms with Gasteiger partial charge in [0.25, 0.3) is 0 Å². The minimum atomic E-state index is -0.535. The van der Waals surface area contributed by atoms with Gasteiger partial charge >= 0.3 is 5.97 Å². The van der Waals surface area contributed by atoms with E-state index < -0.39 is 5.82 Å². The molecule has 0 fully saturated rings. The first-order valence-electron chi connectivity index (χ1n) is 6.64. The molecule has 0 spiro atoms. The van der Waals surface area contributed by atoms with Crippen LogP contribution in [-0.4, -0.2) is 31.6 Å². The molecule has 1 rings (SSSR count). The number of rotatable bonds is 8. The van der Waals surface area contributed by atoms with Crippen molar-refractivity contribution in [2.24, 2.45) is 0 Å². The van der Waals surface area contributed by atoms with Crippen LogP contribution in [0.25, 0.3) is 0 Å². The number of hydrogen-bond acceptors (Lipinski definition) is 4. The second-order valence-electron chi connectivity index (χ2n) is 4.26. The predicted octanol–water partition coefficient (Wildman–Crippen LogP) is 2.35. The fraction of sp³-hybridized carbons (Fsp3) is 0.429. The predicted molar refractivity (Wildman–Crippen MR) is 78.8 cm³/mol. The lowest BCUT2D eigenvalue weighted by Gasteiger charge is -2.07. The van der Waals surface area contributed by atoms with E-state index in [1.165, 1.54) is 18.2 Å². The summed E-state index contributed by atoms with van der Waals surface area (Å²) in [6.45, 7) is 2.74. The molecule has 5 nitrogen and oxygen atoms in total. The smallest absolute Gasteiger partial charge is 0.305 e. The molecule has 0 saturated carbocycles. The number of anilines is 1. The molecule has 0 bridgehead atoms. The van der Waals surface area contributed by atoms with Gasteiger partial charge in [-0.15, -0.1) is 0 Å². The van der Waals surface area contributed by atoms with Gasteiger partial charge in [-0.05, 0) is 38.1 Å². The zero-order chi connectivity index (χ0) is 15.7. The highest BCUT2D eigenvalue weighted by atomic mass is 35.5. The van der Waals surface area contributed by atoms with E-state index in [1.54, 1.807) is 6.92 Å². The van der Waals surface area contributed by atoms with Gasteiger partial charge in [-0.1, -0.05) is 11.6 Å². The number of halogens is 2. The summed E-state index contributed by atoms with van der Waals surface area (Å²) in [5, 5.41) is 5.44. The van der Waals surface area contributed by atoms with Crippen molar-refractivity contribution in [3.05, 3.63) is 29.0 Å². The van der Waals surface area contributed by atoms with Gasteiger partial charge in [0.1, 0.15) is 5.82 Å². The molecule has 0 aromatic heterocycles. The van der Waals surface area contributed by atoms with Crippen LogP contribution in [0, 0.1) is 5.82 Å². The average molecular weight is 317 g/mol. The van der Waals surface area contributed by atoms with Gasteiger partial charge in [0.2, 0.25) is 5.91 Å². The molecule has 0 aliphatic heterocycles. The first-order chi connectivity index (χ1) is 10.0. The Labute approximate surface area is 127 Å². The van der Waals surface area contributed by atoms with Crippen LogP contribution in [0.4, 0.5) is 10.1 Å². The molecule has 116 valence electrons. The molecule has 0 radical (unpaired) electrons. The van der Waals surface area contributed by atoms with E-state index in [0.717, 1.165) is 0 Å². The lowest BCUT2D eigenvalue weighted by Crippen LogP contribution is -2.29. The zero-order valence-corrected chi connectivity index (χ0v) is 12.5. The van der Waals surface area contributed by atoms with Crippen molar-refractivity contribution in [1.82, 2.24) is 5.32 Å². The van der Waals surface area contributed by atoms with Crippen LogP contribution >= 0.6 is 11.6 Å². The number of benzene rings is 1. The molecule has 0 aliphatic rings. The van der Waals surface area contributed by atoms with Crippen molar-refractivity contribution in [3.63, 3.8) is 0 Å². The monoisotopic (exact) mass is 316 g/mol. The maximum absolute atomic E-state index is 12.9. The van der Waals surface area contributed by atoms with Crippen LogP contribution in [0.5, 0.6) is 0 Å². The minimum absolute atomic E-state index is 0.0461. The highest BCUT2D eigenvalue weighted by molar-refractivity contribution is 6.31. The summed E-state index contributed by atoms with van der Waals surface area (Å²) in [7, 11) is 0. The first-order valence-corrected chi connectivity index (χ1v) is 7.02. The molecule has 1 aromatic carbocycles. The number of nitrogens with one attached hydrogen (secondary N) is 2. The van der Waals surface area contributed by atoms with E-state index in [0.29, 0.717) is 31.7 Å². The summed E-state index contributed by atoms with van der Waals surface area (Å²) >= 11 is 5.61. The summed E-state index contributed by atoms with van der Waals surface area (Å²) in [4.78, 5) is 22.7. The molecule has 0 unspecified atom stereocenters. The van der Waals surface area contributed by atoms with Crippen molar-refractivity contribution >= 4 is 29.2 Å². The number of esters is 1. The van der Waals surface area contributed by atoms with Gasteiger partial charge in [0.05, 0.1) is 18.2 Å². The number of amides is 1. The van der Waals surface area contributed by atoms with Gasteiger partial charge in [-0.2, -0.15) is 0 Å². The molecule has 1 amide bonds. The lowest BCUT2D eigenvalue weighted by molar-refractivity contribution is -0.143. The van der Waals surface area contributed by atoms with Crippen molar-refractivity contribution in [3.8, 4) is 0 Å². The van der Waals surface area contributed by atoms with Gasteiger partial charge < -0.3 is 15.4 Å². The van der Waals surface area contributed by atoms with Crippen LogP contribution in [-0.2, 0) is 14.3 Å². The molecular formula is C14H18ClFN2O3. The van der Waals surface area contributed by atoms with E-state index in [9.17, 15) is 14.0 Å². The normalized spacial score (nSPS) is 10.2. The second-order valence-corrected chi connectivity index (χ2v) is 4.67. The zero-order valence-electron chi connectivity index (χ0n) is 11.7. The quantitative estimate of drug-likeness (QED) is 0.570. The number of carbonyl (C=O) groups excluding carboxylic acids is 2. The minimum Gasteiger partial charge on any atom is -0.466 e. The van der Waals surface area contributed by atoms with Crippen molar-refractivity contribution in [1.29, 1.82) is 0 Å². The first kappa shape index (κ1) is 17.4. The lowest BCUT2D eigenvalue weighted by atomic mass is 10.3. The Morgan fingerprint density at radius 1 is 1.38 bits per heavy atom. The molecule has 2 N–H and O–H groups in total. The van der Waals surface area contributed by atoms with Crippen LogP contribution in [0.1, 0.15) is 19.8 Å². The maximum atomic E-state index is 12.9. The highest BCUT2D eigenvalue weighted by Gasteiger charge is 2.05. The fourth-order valence-corrected chi connectivity index (χ4v) is 1.75.